The minimum Gasteiger partial charge on any atom is -0.378 e. The second kappa shape index (κ2) is 9.71. The Hall–Kier alpha value is -3.36. The van der Waals surface area contributed by atoms with Crippen molar-refractivity contribution < 1.29 is 18.7 Å². The summed E-state index contributed by atoms with van der Waals surface area (Å²) in [5.41, 5.74) is 5.85. The van der Waals surface area contributed by atoms with Gasteiger partial charge in [-0.2, -0.15) is 0 Å². The van der Waals surface area contributed by atoms with Gasteiger partial charge >= 0.3 is 0 Å². The average molecular weight is 492 g/mol. The minimum absolute atomic E-state index is 0.122. The Balaban J connectivity index is 1.36. The molecule has 0 spiro atoms. The number of hydrogen-bond donors (Lipinski definition) is 0. The van der Waals surface area contributed by atoms with Gasteiger partial charge < -0.3 is 14.2 Å². The Morgan fingerprint density at radius 1 is 0.971 bits per heavy atom. The van der Waals surface area contributed by atoms with E-state index in [2.05, 4.69) is 33.7 Å². The number of carbonyl (C=O) groups excluding carboxylic acids is 2. The molecule has 0 N–H and O–H groups in total. The average Bonchev–Trinajstić information content (AvgIpc) is 3.30. The van der Waals surface area contributed by atoms with Crippen LogP contribution in [0.4, 0.5) is 14.9 Å². The van der Waals surface area contributed by atoms with E-state index < -0.39 is 0 Å². The van der Waals surface area contributed by atoms with E-state index in [-0.39, 0.29) is 23.5 Å². The van der Waals surface area contributed by atoms with Gasteiger partial charge in [-0.25, -0.2) is 4.39 Å². The Morgan fingerprint density at radius 2 is 1.63 bits per heavy atom. The Morgan fingerprint density at radius 3 is 2.31 bits per heavy atom. The van der Waals surface area contributed by atoms with Crippen molar-refractivity contribution in [2.24, 2.45) is 0 Å². The molecule has 0 atom stereocenters. The van der Waals surface area contributed by atoms with Crippen LogP contribution in [0.15, 0.2) is 59.5 Å². The molecule has 0 unspecified atom stereocenters. The number of aromatic nitrogens is 1. The highest BCUT2D eigenvalue weighted by atomic mass is 32.2. The van der Waals surface area contributed by atoms with Crippen molar-refractivity contribution in [3.05, 3.63) is 87.8 Å². The van der Waals surface area contributed by atoms with Crippen LogP contribution in [-0.2, 0) is 16.1 Å². The molecule has 3 aromatic rings. The van der Waals surface area contributed by atoms with Crippen molar-refractivity contribution in [1.82, 2.24) is 9.47 Å². The molecule has 8 heteroatoms. The molecule has 1 aromatic heterocycles. The second-order valence-corrected chi connectivity index (χ2v) is 9.67. The number of imide groups is 1. The third-order valence-corrected chi connectivity index (χ3v) is 7.28. The molecule has 0 radical (unpaired) electrons. The van der Waals surface area contributed by atoms with Crippen LogP contribution in [0.2, 0.25) is 0 Å². The van der Waals surface area contributed by atoms with Gasteiger partial charge in [0.05, 0.1) is 24.7 Å². The van der Waals surface area contributed by atoms with Crippen LogP contribution >= 0.6 is 11.8 Å². The first-order chi connectivity index (χ1) is 16.9. The highest BCUT2D eigenvalue weighted by Crippen LogP contribution is 2.35. The Bertz CT molecular complexity index is 1290. The van der Waals surface area contributed by atoms with Gasteiger partial charge in [0, 0.05) is 35.9 Å². The van der Waals surface area contributed by atoms with Gasteiger partial charge in [-0.1, -0.05) is 12.1 Å². The maximum atomic E-state index is 13.2. The van der Waals surface area contributed by atoms with Crippen molar-refractivity contribution >= 4 is 34.7 Å². The highest BCUT2D eigenvalue weighted by molar-refractivity contribution is 8.18. The molecule has 0 bridgehead atoms. The lowest BCUT2D eigenvalue weighted by atomic mass is 10.2. The number of aryl methyl sites for hydroxylation is 1. The molecule has 6 nitrogen and oxygen atoms in total. The molecule has 0 aliphatic carbocycles. The molecule has 5 rings (SSSR count). The molecular formula is C27H26FN3O3S. The molecule has 180 valence electrons. The van der Waals surface area contributed by atoms with Gasteiger partial charge in [-0.15, -0.1) is 0 Å². The van der Waals surface area contributed by atoms with Crippen LogP contribution in [0.25, 0.3) is 11.8 Å². The second-order valence-electron chi connectivity index (χ2n) is 8.67. The molecular weight excluding hydrogens is 465 g/mol. The first-order valence-electron chi connectivity index (χ1n) is 11.5. The Labute approximate surface area is 208 Å². The number of morpholine rings is 1. The van der Waals surface area contributed by atoms with E-state index in [0.29, 0.717) is 10.5 Å². The fourth-order valence-corrected chi connectivity index (χ4v) is 5.34. The fourth-order valence-electron chi connectivity index (χ4n) is 4.52. The summed E-state index contributed by atoms with van der Waals surface area (Å²) in [6, 6.07) is 16.3. The minimum atomic E-state index is -0.353. The summed E-state index contributed by atoms with van der Waals surface area (Å²) in [5, 5.41) is -0.321. The van der Waals surface area contributed by atoms with E-state index in [4.69, 9.17) is 4.74 Å². The summed E-state index contributed by atoms with van der Waals surface area (Å²) in [6.45, 7) is 7.43. The molecule has 2 aliphatic rings. The zero-order valence-corrected chi connectivity index (χ0v) is 20.5. The normalized spacial score (nSPS) is 17.6. The molecule has 3 heterocycles. The summed E-state index contributed by atoms with van der Waals surface area (Å²) in [4.78, 5) is 29.4. The lowest BCUT2D eigenvalue weighted by Gasteiger charge is -2.29. The molecule has 2 aromatic carbocycles. The largest absolute Gasteiger partial charge is 0.378 e. The maximum Gasteiger partial charge on any atom is 0.293 e. The van der Waals surface area contributed by atoms with Gasteiger partial charge in [0.2, 0.25) is 0 Å². The standard InChI is InChI=1S/C27H26FN3O3S/c1-18-15-21(16-25-26(32)30(27(33)35-25)17-20-3-5-22(28)6-4-20)19(2)31(18)24-9-7-23(8-10-24)29-11-13-34-14-12-29/h3-10,15-16H,11-14,17H2,1-2H3/b25-16-. The first-order valence-corrected chi connectivity index (χ1v) is 12.3. The van der Waals surface area contributed by atoms with Crippen molar-refractivity contribution in [1.29, 1.82) is 0 Å². The molecule has 2 saturated heterocycles. The molecule has 2 aliphatic heterocycles. The number of ether oxygens (including phenoxy) is 1. The van der Waals surface area contributed by atoms with Crippen molar-refractivity contribution in [2.45, 2.75) is 20.4 Å². The zero-order valence-electron chi connectivity index (χ0n) is 19.7. The zero-order chi connectivity index (χ0) is 24.5. The van der Waals surface area contributed by atoms with E-state index in [9.17, 15) is 14.0 Å². The number of nitrogens with zero attached hydrogens (tertiary/aromatic N) is 3. The topological polar surface area (TPSA) is 54.8 Å². The summed E-state index contributed by atoms with van der Waals surface area (Å²) >= 11 is 0.936. The first kappa shape index (κ1) is 23.4. The lowest BCUT2D eigenvalue weighted by molar-refractivity contribution is -0.123. The quantitative estimate of drug-likeness (QED) is 0.453. The van der Waals surface area contributed by atoms with E-state index in [1.165, 1.54) is 22.7 Å². The van der Waals surface area contributed by atoms with Gasteiger partial charge in [-0.3, -0.25) is 14.5 Å². The predicted octanol–water partition coefficient (Wildman–Crippen LogP) is 5.31. The molecule has 2 fully saturated rings. The molecule has 0 saturated carbocycles. The summed E-state index contributed by atoms with van der Waals surface area (Å²) in [6.07, 6.45) is 1.79. The van der Waals surface area contributed by atoms with Gasteiger partial charge in [0.25, 0.3) is 11.1 Å². The van der Waals surface area contributed by atoms with Crippen LogP contribution in [0, 0.1) is 19.7 Å². The van der Waals surface area contributed by atoms with E-state index in [0.717, 1.165) is 60.7 Å². The maximum absolute atomic E-state index is 13.2. The number of benzene rings is 2. The van der Waals surface area contributed by atoms with Gasteiger partial charge in [0.1, 0.15) is 5.82 Å². The third-order valence-electron chi connectivity index (χ3n) is 6.37. The smallest absolute Gasteiger partial charge is 0.293 e. The van der Waals surface area contributed by atoms with Crippen molar-refractivity contribution in [3.63, 3.8) is 0 Å². The van der Waals surface area contributed by atoms with E-state index in [1.54, 1.807) is 18.2 Å². The monoisotopic (exact) mass is 491 g/mol. The Kier molecular flexibility index (Phi) is 6.49. The summed E-state index contributed by atoms with van der Waals surface area (Å²) in [7, 11) is 0. The van der Waals surface area contributed by atoms with Crippen LogP contribution in [0.3, 0.4) is 0 Å². The van der Waals surface area contributed by atoms with E-state index >= 15 is 0 Å². The molecule has 35 heavy (non-hydrogen) atoms. The predicted molar refractivity (Wildman–Crippen MR) is 136 cm³/mol. The summed E-state index contributed by atoms with van der Waals surface area (Å²) in [5.74, 6) is -0.683. The number of amides is 2. The van der Waals surface area contributed by atoms with Crippen molar-refractivity contribution in [3.8, 4) is 5.69 Å². The highest BCUT2D eigenvalue weighted by Gasteiger charge is 2.35. The van der Waals surface area contributed by atoms with Crippen LogP contribution in [0.5, 0.6) is 0 Å². The molecule has 2 amide bonds. The number of halogens is 1. The third kappa shape index (κ3) is 4.76. The fraction of sp³-hybridized carbons (Fsp3) is 0.259. The van der Waals surface area contributed by atoms with Crippen LogP contribution in [0.1, 0.15) is 22.5 Å². The number of rotatable bonds is 5. The van der Waals surface area contributed by atoms with E-state index in [1.807, 2.05) is 19.9 Å². The SMILES string of the molecule is Cc1cc(/C=C2\SC(=O)N(Cc3ccc(F)cc3)C2=O)c(C)n1-c1ccc(N2CCOCC2)cc1. The van der Waals surface area contributed by atoms with Crippen molar-refractivity contribution in [2.75, 3.05) is 31.2 Å². The van der Waals surface area contributed by atoms with Crippen LogP contribution in [-0.4, -0.2) is 46.9 Å². The van der Waals surface area contributed by atoms with Crippen LogP contribution < -0.4 is 4.90 Å². The number of hydrogen-bond acceptors (Lipinski definition) is 5. The van der Waals surface area contributed by atoms with Gasteiger partial charge in [-0.05, 0) is 85.3 Å². The number of carbonyl (C=O) groups is 2. The summed E-state index contributed by atoms with van der Waals surface area (Å²) < 4.78 is 20.8. The lowest BCUT2D eigenvalue weighted by Crippen LogP contribution is -2.36. The number of anilines is 1. The number of thioether (sulfide) groups is 1. The van der Waals surface area contributed by atoms with Gasteiger partial charge in [0.15, 0.2) is 0 Å².